The first-order chi connectivity index (χ1) is 15.7. The van der Waals surface area contributed by atoms with Crippen LogP contribution < -0.4 is 0 Å². The minimum Gasteiger partial charge on any atom is -0.166 e. The van der Waals surface area contributed by atoms with E-state index < -0.39 is 28.9 Å². The molecule has 1 unspecified atom stereocenters. The van der Waals surface area contributed by atoms with E-state index in [9.17, 15) is 26.3 Å². The summed E-state index contributed by atoms with van der Waals surface area (Å²) < 4.78 is 79.5. The van der Waals surface area contributed by atoms with Crippen LogP contribution >= 0.6 is 0 Å². The highest BCUT2D eigenvalue weighted by Crippen LogP contribution is 2.68. The van der Waals surface area contributed by atoms with Gasteiger partial charge >= 0.3 is 12.4 Å². The molecule has 0 amide bonds. The van der Waals surface area contributed by atoms with Crippen LogP contribution in [0.1, 0.15) is 69.2 Å². The first kappa shape index (κ1) is 24.6. The Hall–Kier alpha value is -2.50. The highest BCUT2D eigenvalue weighted by atomic mass is 19.4. The summed E-state index contributed by atoms with van der Waals surface area (Å²) in [5.41, 5.74) is 2.12. The molecule has 3 aliphatic carbocycles. The van der Waals surface area contributed by atoms with Crippen molar-refractivity contribution in [1.29, 1.82) is 0 Å². The summed E-state index contributed by atoms with van der Waals surface area (Å²) in [4.78, 5) is 0. The second-order valence-corrected chi connectivity index (χ2v) is 10.3. The molecule has 34 heavy (non-hydrogen) atoms. The van der Waals surface area contributed by atoms with Crippen LogP contribution in [0, 0.1) is 11.3 Å². The molecule has 0 radical (unpaired) electrons. The normalized spacial score (nSPS) is 19.8. The van der Waals surface area contributed by atoms with Crippen molar-refractivity contribution in [2.45, 2.75) is 64.7 Å². The Balaban J connectivity index is 1.92. The maximum Gasteiger partial charge on any atom is 0.416 e. The molecule has 5 rings (SSSR count). The molecule has 2 aromatic rings. The van der Waals surface area contributed by atoms with Crippen LogP contribution in [-0.4, -0.2) is 0 Å². The number of unbranched alkanes of at least 4 members (excludes halogenated alkanes) is 1. The highest BCUT2D eigenvalue weighted by Gasteiger charge is 2.60. The molecule has 0 heterocycles. The largest absolute Gasteiger partial charge is 0.416 e. The van der Waals surface area contributed by atoms with Crippen molar-refractivity contribution in [1.82, 2.24) is 0 Å². The first-order valence-corrected chi connectivity index (χ1v) is 11.6. The Labute approximate surface area is 196 Å². The van der Waals surface area contributed by atoms with Crippen LogP contribution in [0.5, 0.6) is 0 Å². The van der Waals surface area contributed by atoms with Gasteiger partial charge in [0.15, 0.2) is 0 Å². The lowest BCUT2D eigenvalue weighted by Gasteiger charge is -2.51. The molecule has 0 aliphatic heterocycles. The van der Waals surface area contributed by atoms with Crippen molar-refractivity contribution in [2.24, 2.45) is 11.3 Å². The molecular formula is C28H28F6. The Morgan fingerprint density at radius 2 is 1.18 bits per heavy atom. The second kappa shape index (κ2) is 8.03. The SMILES string of the molecule is CCCCC1C=C2C(C(C)(C)C)=C1C2(c1ccc(C(F)(F)F)cc1)c1ccc(C(F)(F)F)cc1. The van der Waals surface area contributed by atoms with E-state index in [-0.39, 0.29) is 11.3 Å². The van der Waals surface area contributed by atoms with Gasteiger partial charge < -0.3 is 0 Å². The molecule has 1 atom stereocenters. The number of rotatable bonds is 5. The molecule has 0 spiro atoms. The third-order valence-electron chi connectivity index (χ3n) is 6.99. The molecule has 0 saturated carbocycles. The van der Waals surface area contributed by atoms with Crippen molar-refractivity contribution in [3.63, 3.8) is 0 Å². The van der Waals surface area contributed by atoms with Gasteiger partial charge in [-0.05, 0) is 63.9 Å². The van der Waals surface area contributed by atoms with Crippen molar-refractivity contribution in [3.8, 4) is 0 Å². The fourth-order valence-electron chi connectivity index (χ4n) is 5.63. The third kappa shape index (κ3) is 3.79. The van der Waals surface area contributed by atoms with E-state index in [2.05, 4.69) is 33.8 Å². The second-order valence-electron chi connectivity index (χ2n) is 10.3. The van der Waals surface area contributed by atoms with Crippen LogP contribution in [0.3, 0.4) is 0 Å². The van der Waals surface area contributed by atoms with Gasteiger partial charge in [-0.2, -0.15) is 26.3 Å². The van der Waals surface area contributed by atoms with E-state index >= 15 is 0 Å². The number of benzene rings is 2. The van der Waals surface area contributed by atoms with Gasteiger partial charge in [-0.15, -0.1) is 0 Å². The molecule has 0 nitrogen and oxygen atoms in total. The van der Waals surface area contributed by atoms with Gasteiger partial charge in [0.25, 0.3) is 0 Å². The Morgan fingerprint density at radius 3 is 1.53 bits per heavy atom. The van der Waals surface area contributed by atoms with Crippen LogP contribution in [0.25, 0.3) is 0 Å². The molecule has 6 heteroatoms. The average Bonchev–Trinajstić information content (AvgIpc) is 3.28. The summed E-state index contributed by atoms with van der Waals surface area (Å²) >= 11 is 0. The summed E-state index contributed by atoms with van der Waals surface area (Å²) in [5, 5.41) is 0. The Bertz CT molecular complexity index is 1060. The van der Waals surface area contributed by atoms with Crippen LogP contribution in [0.15, 0.2) is 71.3 Å². The van der Waals surface area contributed by atoms with Gasteiger partial charge in [-0.3, -0.25) is 0 Å². The number of hydrogen-bond donors (Lipinski definition) is 0. The van der Waals surface area contributed by atoms with Crippen molar-refractivity contribution >= 4 is 0 Å². The molecule has 0 saturated heterocycles. The van der Waals surface area contributed by atoms with E-state index in [0.29, 0.717) is 11.1 Å². The number of fused-ring (bicyclic) bond motifs is 1. The standard InChI is InChI=1S/C28H28F6/c1-5-6-7-17-16-22-24(25(2,3)4)23(17)26(22,18-8-12-20(13-9-18)27(29,30)31)19-10-14-21(15-11-19)28(32,33)34/h8-17H,5-7H2,1-4H3. The molecule has 2 bridgehead atoms. The van der Waals surface area contributed by atoms with Gasteiger partial charge in [0.2, 0.25) is 0 Å². The van der Waals surface area contributed by atoms with Gasteiger partial charge in [0, 0.05) is 5.92 Å². The topological polar surface area (TPSA) is 0 Å². The van der Waals surface area contributed by atoms with Crippen LogP contribution in [0.2, 0.25) is 0 Å². The van der Waals surface area contributed by atoms with E-state index in [1.165, 1.54) is 29.8 Å². The van der Waals surface area contributed by atoms with Crippen LogP contribution in [-0.2, 0) is 17.8 Å². The molecule has 182 valence electrons. The summed E-state index contributed by atoms with van der Waals surface area (Å²) in [7, 11) is 0. The fourth-order valence-corrected chi connectivity index (χ4v) is 5.63. The van der Waals surface area contributed by atoms with Gasteiger partial charge in [0.1, 0.15) is 0 Å². The zero-order valence-electron chi connectivity index (χ0n) is 19.7. The smallest absolute Gasteiger partial charge is 0.166 e. The molecule has 2 aromatic carbocycles. The van der Waals surface area contributed by atoms with E-state index in [0.717, 1.165) is 54.7 Å². The summed E-state index contributed by atoms with van der Waals surface area (Å²) in [6, 6.07) is 10.2. The predicted octanol–water partition coefficient (Wildman–Crippen LogP) is 9.11. The van der Waals surface area contributed by atoms with E-state index in [1.807, 2.05) is 0 Å². The maximum atomic E-state index is 13.2. The third-order valence-corrected chi connectivity index (χ3v) is 6.99. The summed E-state index contributed by atoms with van der Waals surface area (Å²) in [6.45, 7) is 8.40. The molecule has 0 aromatic heterocycles. The van der Waals surface area contributed by atoms with Gasteiger partial charge in [-0.1, -0.05) is 70.9 Å². The molecular weight excluding hydrogens is 450 g/mol. The number of allylic oxidation sites excluding steroid dienone is 4. The van der Waals surface area contributed by atoms with E-state index in [1.54, 1.807) is 0 Å². The van der Waals surface area contributed by atoms with E-state index in [4.69, 9.17) is 0 Å². The number of halogens is 6. The average molecular weight is 479 g/mol. The number of hydrogen-bond acceptors (Lipinski definition) is 0. The van der Waals surface area contributed by atoms with Gasteiger partial charge in [0.05, 0.1) is 16.5 Å². The predicted molar refractivity (Wildman–Crippen MR) is 121 cm³/mol. The number of alkyl halides is 6. The Morgan fingerprint density at radius 1 is 0.735 bits per heavy atom. The molecule has 0 fully saturated rings. The lowest BCUT2D eigenvalue weighted by atomic mass is 9.51. The quantitative estimate of drug-likeness (QED) is 0.376. The maximum absolute atomic E-state index is 13.2. The van der Waals surface area contributed by atoms with Crippen molar-refractivity contribution in [2.75, 3.05) is 0 Å². The zero-order chi connectivity index (χ0) is 25.1. The van der Waals surface area contributed by atoms with Crippen molar-refractivity contribution in [3.05, 3.63) is 93.6 Å². The van der Waals surface area contributed by atoms with Gasteiger partial charge in [-0.25, -0.2) is 0 Å². The lowest BCUT2D eigenvalue weighted by molar-refractivity contribution is -0.138. The van der Waals surface area contributed by atoms with Crippen LogP contribution in [0.4, 0.5) is 26.3 Å². The highest BCUT2D eigenvalue weighted by molar-refractivity contribution is 5.78. The van der Waals surface area contributed by atoms with Crippen molar-refractivity contribution < 1.29 is 26.3 Å². The summed E-state index contributed by atoms with van der Waals surface area (Å²) in [6.07, 6.45) is -3.83. The molecule has 0 N–H and O–H groups in total. The minimum atomic E-state index is -4.46. The zero-order valence-corrected chi connectivity index (χ0v) is 19.7. The minimum absolute atomic E-state index is 0.119. The molecule has 3 aliphatic rings. The summed E-state index contributed by atoms with van der Waals surface area (Å²) in [5.74, 6) is 0.119. The lowest BCUT2D eigenvalue weighted by Crippen LogP contribution is -2.43. The monoisotopic (exact) mass is 478 g/mol. The first-order valence-electron chi connectivity index (χ1n) is 11.6. The fraction of sp³-hybridized carbons (Fsp3) is 0.429. The Kier molecular flexibility index (Phi) is 5.81.